The zero-order valence-electron chi connectivity index (χ0n) is 9.97. The van der Waals surface area contributed by atoms with Crippen LogP contribution in [-0.2, 0) is 9.53 Å². The molecule has 3 atom stereocenters. The van der Waals surface area contributed by atoms with E-state index in [4.69, 9.17) is 4.74 Å². The van der Waals surface area contributed by atoms with Crippen LogP contribution < -0.4 is 0 Å². The lowest BCUT2D eigenvalue weighted by molar-refractivity contribution is -0.149. The van der Waals surface area contributed by atoms with E-state index in [1.54, 1.807) is 0 Å². The molecule has 1 heterocycles. The fourth-order valence-corrected chi connectivity index (χ4v) is 3.93. The van der Waals surface area contributed by atoms with Crippen LogP contribution in [0.25, 0.3) is 0 Å². The molecule has 0 bridgehead atoms. The number of rotatable bonds is 3. The summed E-state index contributed by atoms with van der Waals surface area (Å²) in [6.07, 6.45) is 2.12. The van der Waals surface area contributed by atoms with E-state index in [0.717, 1.165) is 28.8 Å². The Morgan fingerprint density at radius 2 is 2.33 bits per heavy atom. The Kier molecular flexibility index (Phi) is 3.66. The first kappa shape index (κ1) is 12.5. The quantitative estimate of drug-likeness (QED) is 0.794. The molecule has 1 aliphatic heterocycles. The van der Waals surface area contributed by atoms with E-state index in [9.17, 15) is 4.79 Å². The maximum atomic E-state index is 12.0. The van der Waals surface area contributed by atoms with E-state index in [0.29, 0.717) is 5.92 Å². The minimum atomic E-state index is 0.00692. The number of hydrogen-bond acceptors (Lipinski definition) is 3. The predicted molar refractivity (Wildman–Crippen MR) is 76.8 cm³/mol. The molecule has 1 saturated carbocycles. The molecule has 2 fully saturated rings. The van der Waals surface area contributed by atoms with Gasteiger partial charge in [-0.3, -0.25) is 4.79 Å². The van der Waals surface area contributed by atoms with Crippen molar-refractivity contribution in [1.82, 2.24) is 0 Å². The molecule has 2 aliphatic rings. The molecule has 18 heavy (non-hydrogen) atoms. The molecule has 0 aromatic heterocycles. The van der Waals surface area contributed by atoms with E-state index >= 15 is 0 Å². The standard InChI is InChI=1S/C14H15BrO2S/c15-10-3-1-2-9(6-10)12-7-13(12)14(16)17-11-4-5-18-8-11/h1-3,6,11-13H,4-5,7-8H2. The summed E-state index contributed by atoms with van der Waals surface area (Å²) in [6.45, 7) is 0. The Morgan fingerprint density at radius 3 is 3.06 bits per heavy atom. The Balaban J connectivity index is 1.58. The number of halogens is 1. The van der Waals surface area contributed by atoms with Gasteiger partial charge in [0, 0.05) is 10.2 Å². The topological polar surface area (TPSA) is 26.3 Å². The molecule has 1 aromatic carbocycles. The molecule has 2 nitrogen and oxygen atoms in total. The highest BCUT2D eigenvalue weighted by atomic mass is 79.9. The van der Waals surface area contributed by atoms with Crippen molar-refractivity contribution in [2.24, 2.45) is 5.92 Å². The summed E-state index contributed by atoms with van der Waals surface area (Å²) in [7, 11) is 0. The van der Waals surface area contributed by atoms with Crippen LogP contribution in [0.2, 0.25) is 0 Å². The third-order valence-corrected chi connectivity index (χ3v) is 5.17. The highest BCUT2D eigenvalue weighted by molar-refractivity contribution is 9.10. The van der Waals surface area contributed by atoms with Gasteiger partial charge >= 0.3 is 5.97 Å². The summed E-state index contributed by atoms with van der Waals surface area (Å²) in [6, 6.07) is 8.22. The highest BCUT2D eigenvalue weighted by Crippen LogP contribution is 2.48. The summed E-state index contributed by atoms with van der Waals surface area (Å²) in [5.41, 5.74) is 1.24. The maximum Gasteiger partial charge on any atom is 0.309 e. The third kappa shape index (κ3) is 2.75. The molecule has 1 saturated heterocycles. The average Bonchev–Trinajstić information content (AvgIpc) is 3.01. The van der Waals surface area contributed by atoms with Crippen LogP contribution in [0.1, 0.15) is 24.3 Å². The van der Waals surface area contributed by atoms with Gasteiger partial charge in [-0.15, -0.1) is 0 Å². The number of benzene rings is 1. The molecule has 3 unspecified atom stereocenters. The normalized spacial score (nSPS) is 30.2. The van der Waals surface area contributed by atoms with Crippen molar-refractivity contribution in [2.75, 3.05) is 11.5 Å². The second-order valence-corrected chi connectivity index (χ2v) is 6.99. The molecule has 0 N–H and O–H groups in total. The Labute approximate surface area is 120 Å². The lowest BCUT2D eigenvalue weighted by atomic mass is 10.1. The molecule has 96 valence electrons. The number of carbonyl (C=O) groups is 1. The Bertz CT molecular complexity index is 457. The molecular weight excluding hydrogens is 312 g/mol. The van der Waals surface area contributed by atoms with Crippen molar-refractivity contribution in [3.05, 3.63) is 34.3 Å². The summed E-state index contributed by atoms with van der Waals surface area (Å²) < 4.78 is 6.62. The predicted octanol–water partition coefficient (Wildman–Crippen LogP) is 3.60. The van der Waals surface area contributed by atoms with Crippen LogP contribution in [0.3, 0.4) is 0 Å². The van der Waals surface area contributed by atoms with Gasteiger partial charge < -0.3 is 4.74 Å². The highest BCUT2D eigenvalue weighted by Gasteiger charge is 2.46. The monoisotopic (exact) mass is 326 g/mol. The van der Waals surface area contributed by atoms with Crippen LogP contribution in [0, 0.1) is 5.92 Å². The molecule has 4 heteroatoms. The zero-order chi connectivity index (χ0) is 12.5. The van der Waals surface area contributed by atoms with Crippen LogP contribution in [0.4, 0.5) is 0 Å². The van der Waals surface area contributed by atoms with Crippen molar-refractivity contribution in [1.29, 1.82) is 0 Å². The van der Waals surface area contributed by atoms with E-state index in [1.165, 1.54) is 5.56 Å². The number of esters is 1. The summed E-state index contributed by atoms with van der Waals surface area (Å²) in [5, 5.41) is 0. The molecule has 0 spiro atoms. The average molecular weight is 327 g/mol. The minimum Gasteiger partial charge on any atom is -0.461 e. The van der Waals surface area contributed by atoms with E-state index in [1.807, 2.05) is 23.9 Å². The third-order valence-electron chi connectivity index (χ3n) is 3.54. The number of hydrogen-bond donors (Lipinski definition) is 0. The summed E-state index contributed by atoms with van der Waals surface area (Å²) in [5.74, 6) is 2.55. The van der Waals surface area contributed by atoms with Crippen LogP contribution in [0.5, 0.6) is 0 Å². The van der Waals surface area contributed by atoms with Gasteiger partial charge in [0.2, 0.25) is 0 Å². The van der Waals surface area contributed by atoms with E-state index < -0.39 is 0 Å². The van der Waals surface area contributed by atoms with Gasteiger partial charge in [0.25, 0.3) is 0 Å². The maximum absolute atomic E-state index is 12.0. The fourth-order valence-electron chi connectivity index (χ4n) is 2.42. The van der Waals surface area contributed by atoms with Gasteiger partial charge in [-0.05, 0) is 42.2 Å². The fraction of sp³-hybridized carbons (Fsp3) is 0.500. The van der Waals surface area contributed by atoms with Gasteiger partial charge in [-0.25, -0.2) is 0 Å². The van der Waals surface area contributed by atoms with Gasteiger partial charge in [0.15, 0.2) is 0 Å². The first-order valence-electron chi connectivity index (χ1n) is 6.28. The van der Waals surface area contributed by atoms with Gasteiger partial charge in [-0.1, -0.05) is 28.1 Å². The van der Waals surface area contributed by atoms with Crippen molar-refractivity contribution >= 4 is 33.7 Å². The van der Waals surface area contributed by atoms with Crippen molar-refractivity contribution in [3.8, 4) is 0 Å². The second kappa shape index (κ2) is 5.25. The SMILES string of the molecule is O=C(OC1CCSC1)C1CC1c1cccc(Br)c1. The lowest BCUT2D eigenvalue weighted by Gasteiger charge is -2.10. The first-order valence-corrected chi connectivity index (χ1v) is 8.22. The zero-order valence-corrected chi connectivity index (χ0v) is 12.4. The number of thioether (sulfide) groups is 1. The summed E-state index contributed by atoms with van der Waals surface area (Å²) in [4.78, 5) is 12.0. The Morgan fingerprint density at radius 1 is 1.44 bits per heavy atom. The minimum absolute atomic E-state index is 0.00692. The molecule has 1 aromatic rings. The van der Waals surface area contributed by atoms with E-state index in [-0.39, 0.29) is 18.0 Å². The summed E-state index contributed by atoms with van der Waals surface area (Å²) >= 11 is 5.34. The lowest BCUT2D eigenvalue weighted by Crippen LogP contribution is -2.19. The van der Waals surface area contributed by atoms with Gasteiger partial charge in [-0.2, -0.15) is 11.8 Å². The van der Waals surface area contributed by atoms with Gasteiger partial charge in [0.05, 0.1) is 5.92 Å². The molecule has 0 amide bonds. The van der Waals surface area contributed by atoms with Crippen LogP contribution >= 0.6 is 27.7 Å². The van der Waals surface area contributed by atoms with Crippen LogP contribution in [0.15, 0.2) is 28.7 Å². The largest absolute Gasteiger partial charge is 0.461 e. The van der Waals surface area contributed by atoms with Crippen molar-refractivity contribution in [3.63, 3.8) is 0 Å². The van der Waals surface area contributed by atoms with Gasteiger partial charge in [0.1, 0.15) is 6.10 Å². The van der Waals surface area contributed by atoms with Crippen LogP contribution in [-0.4, -0.2) is 23.6 Å². The first-order chi connectivity index (χ1) is 8.74. The molecule has 3 rings (SSSR count). The van der Waals surface area contributed by atoms with Crippen molar-refractivity contribution < 1.29 is 9.53 Å². The van der Waals surface area contributed by atoms with Crippen molar-refractivity contribution in [2.45, 2.75) is 24.9 Å². The smallest absolute Gasteiger partial charge is 0.309 e. The van der Waals surface area contributed by atoms with E-state index in [2.05, 4.69) is 28.1 Å². The number of ether oxygens (including phenoxy) is 1. The molecular formula is C14H15BrO2S. The molecule has 1 aliphatic carbocycles. The Hall–Kier alpha value is -0.480. The molecule has 0 radical (unpaired) electrons. The number of carbonyl (C=O) groups excluding carboxylic acids is 1. The second-order valence-electron chi connectivity index (χ2n) is 4.93.